The standard InChI is InChI=1S/C24H25N9O2/c1-13-9-15(26-14(2)25-13)10-16-11-19(21-20(27-16)12-32(3)24(21)34)28-18-8-6-7-17(22(18)35-5)23-29-31-33(4)30-23/h6-9,11H,10,12H2,1-5H3,(H,27,28). The van der Waals surface area contributed by atoms with E-state index < -0.39 is 0 Å². The molecule has 5 rings (SSSR count). The van der Waals surface area contributed by atoms with E-state index >= 15 is 0 Å². The number of fused-ring (bicyclic) bond motifs is 1. The van der Waals surface area contributed by atoms with Crippen LogP contribution in [0, 0.1) is 13.8 Å². The minimum absolute atomic E-state index is 0.0824. The van der Waals surface area contributed by atoms with Gasteiger partial charge in [-0.3, -0.25) is 9.78 Å². The summed E-state index contributed by atoms with van der Waals surface area (Å²) in [5, 5.41) is 15.7. The lowest BCUT2D eigenvalue weighted by Gasteiger charge is -2.16. The Bertz CT molecular complexity index is 1430. The lowest BCUT2D eigenvalue weighted by atomic mass is 10.1. The van der Waals surface area contributed by atoms with Gasteiger partial charge in [0.1, 0.15) is 5.82 Å². The van der Waals surface area contributed by atoms with Gasteiger partial charge in [-0.15, -0.1) is 10.2 Å². The van der Waals surface area contributed by atoms with Crippen LogP contribution in [0.5, 0.6) is 5.75 Å². The molecular weight excluding hydrogens is 446 g/mol. The minimum atomic E-state index is -0.0824. The number of tetrazole rings is 1. The number of anilines is 2. The Balaban J connectivity index is 1.57. The molecule has 178 valence electrons. The van der Waals surface area contributed by atoms with Crippen LogP contribution in [0.25, 0.3) is 11.4 Å². The molecule has 4 heterocycles. The number of para-hydroxylation sites is 1. The second-order valence-corrected chi connectivity index (χ2v) is 8.48. The summed E-state index contributed by atoms with van der Waals surface area (Å²) >= 11 is 0. The number of aryl methyl sites for hydroxylation is 3. The quantitative estimate of drug-likeness (QED) is 0.452. The molecule has 0 radical (unpaired) electrons. The van der Waals surface area contributed by atoms with E-state index in [1.165, 1.54) is 4.80 Å². The van der Waals surface area contributed by atoms with E-state index in [0.29, 0.717) is 52.9 Å². The highest BCUT2D eigenvalue weighted by atomic mass is 16.5. The van der Waals surface area contributed by atoms with Gasteiger partial charge >= 0.3 is 0 Å². The highest BCUT2D eigenvalue weighted by molar-refractivity contribution is 6.03. The van der Waals surface area contributed by atoms with Crippen molar-refractivity contribution in [2.45, 2.75) is 26.8 Å². The molecule has 1 N–H and O–H groups in total. The van der Waals surface area contributed by atoms with Gasteiger partial charge < -0.3 is 15.0 Å². The van der Waals surface area contributed by atoms with Crippen LogP contribution in [0.15, 0.2) is 30.3 Å². The highest BCUT2D eigenvalue weighted by Gasteiger charge is 2.30. The van der Waals surface area contributed by atoms with E-state index in [4.69, 9.17) is 9.72 Å². The van der Waals surface area contributed by atoms with E-state index in [0.717, 1.165) is 22.8 Å². The van der Waals surface area contributed by atoms with Crippen molar-refractivity contribution in [3.8, 4) is 17.1 Å². The third-order valence-corrected chi connectivity index (χ3v) is 5.71. The van der Waals surface area contributed by atoms with E-state index in [-0.39, 0.29) is 5.91 Å². The van der Waals surface area contributed by atoms with Gasteiger partial charge in [-0.1, -0.05) is 6.07 Å². The van der Waals surface area contributed by atoms with Crippen LogP contribution in [0.4, 0.5) is 11.4 Å². The first kappa shape index (κ1) is 22.4. The molecule has 0 atom stereocenters. The van der Waals surface area contributed by atoms with E-state index in [1.807, 2.05) is 44.2 Å². The second-order valence-electron chi connectivity index (χ2n) is 8.48. The van der Waals surface area contributed by atoms with Crippen molar-refractivity contribution in [2.75, 3.05) is 19.5 Å². The molecule has 0 saturated carbocycles. The summed E-state index contributed by atoms with van der Waals surface area (Å²) < 4.78 is 5.72. The van der Waals surface area contributed by atoms with E-state index in [2.05, 4.69) is 30.7 Å². The maximum Gasteiger partial charge on any atom is 0.257 e. The first-order valence-corrected chi connectivity index (χ1v) is 11.1. The molecule has 35 heavy (non-hydrogen) atoms. The summed E-state index contributed by atoms with van der Waals surface area (Å²) in [4.78, 5) is 29.7. The van der Waals surface area contributed by atoms with Crippen LogP contribution >= 0.6 is 0 Å². The summed E-state index contributed by atoms with van der Waals surface area (Å²) in [5.74, 6) is 1.63. The van der Waals surface area contributed by atoms with Crippen molar-refractivity contribution in [2.24, 2.45) is 7.05 Å². The van der Waals surface area contributed by atoms with Crippen molar-refractivity contribution >= 4 is 17.3 Å². The lowest BCUT2D eigenvalue weighted by molar-refractivity contribution is 0.0817. The molecular formula is C24H25N9O2. The second kappa shape index (κ2) is 8.75. The molecule has 11 heteroatoms. The predicted octanol–water partition coefficient (Wildman–Crippen LogP) is 2.61. The molecule has 0 bridgehead atoms. The van der Waals surface area contributed by atoms with Gasteiger partial charge in [-0.2, -0.15) is 4.80 Å². The molecule has 4 aromatic rings. The molecule has 0 saturated heterocycles. The number of nitrogens with one attached hydrogen (secondary N) is 1. The summed E-state index contributed by atoms with van der Waals surface area (Å²) in [5.41, 5.74) is 5.88. The smallest absolute Gasteiger partial charge is 0.257 e. The number of amides is 1. The van der Waals surface area contributed by atoms with Crippen LogP contribution in [0.1, 0.15) is 39.0 Å². The van der Waals surface area contributed by atoms with Gasteiger partial charge in [0.05, 0.1) is 54.6 Å². The van der Waals surface area contributed by atoms with Crippen LogP contribution in [-0.2, 0) is 20.0 Å². The third-order valence-electron chi connectivity index (χ3n) is 5.71. The number of aromatic nitrogens is 7. The molecule has 1 aromatic carbocycles. The molecule has 0 spiro atoms. The van der Waals surface area contributed by atoms with E-state index in [9.17, 15) is 4.79 Å². The number of methoxy groups -OCH3 is 1. The fourth-order valence-corrected chi connectivity index (χ4v) is 4.32. The largest absolute Gasteiger partial charge is 0.494 e. The number of carbonyl (C=O) groups is 1. The fraction of sp³-hybridized carbons (Fsp3) is 0.292. The summed E-state index contributed by atoms with van der Waals surface area (Å²) in [7, 11) is 5.06. The first-order chi connectivity index (χ1) is 16.8. The number of rotatable bonds is 6. The third kappa shape index (κ3) is 4.27. The Hall–Kier alpha value is -4.41. The fourth-order valence-electron chi connectivity index (χ4n) is 4.32. The molecule has 1 amide bonds. The predicted molar refractivity (Wildman–Crippen MR) is 128 cm³/mol. The zero-order valence-electron chi connectivity index (χ0n) is 20.2. The van der Waals surface area contributed by atoms with Crippen molar-refractivity contribution < 1.29 is 9.53 Å². The SMILES string of the molecule is COc1c(Nc2cc(Cc3cc(C)nc(C)n3)nc3c2C(=O)N(C)C3)cccc1-c1nnn(C)n1. The highest BCUT2D eigenvalue weighted by Crippen LogP contribution is 2.38. The van der Waals surface area contributed by atoms with Crippen LogP contribution in [-0.4, -0.2) is 60.1 Å². The molecule has 1 aliphatic heterocycles. The number of pyridine rings is 1. The molecule has 0 unspecified atom stereocenters. The molecule has 0 aliphatic carbocycles. The lowest BCUT2D eigenvalue weighted by Crippen LogP contribution is -2.18. The number of benzene rings is 1. The van der Waals surface area contributed by atoms with Gasteiger partial charge in [-0.05, 0) is 43.3 Å². The van der Waals surface area contributed by atoms with Crippen LogP contribution < -0.4 is 10.1 Å². The Morgan fingerprint density at radius 3 is 2.57 bits per heavy atom. The zero-order chi connectivity index (χ0) is 24.7. The molecule has 0 fully saturated rings. The summed E-state index contributed by atoms with van der Waals surface area (Å²) in [6, 6.07) is 9.47. The Morgan fingerprint density at radius 2 is 1.86 bits per heavy atom. The van der Waals surface area contributed by atoms with Crippen LogP contribution in [0.3, 0.4) is 0 Å². The maximum atomic E-state index is 13.0. The average molecular weight is 472 g/mol. The molecule has 1 aliphatic rings. The number of hydrogen-bond acceptors (Lipinski definition) is 9. The van der Waals surface area contributed by atoms with E-state index in [1.54, 1.807) is 26.1 Å². The maximum absolute atomic E-state index is 13.0. The number of ether oxygens (including phenoxy) is 1. The minimum Gasteiger partial charge on any atom is -0.494 e. The number of nitrogens with zero attached hydrogens (tertiary/aromatic N) is 8. The first-order valence-electron chi connectivity index (χ1n) is 11.1. The van der Waals surface area contributed by atoms with Crippen LogP contribution in [0.2, 0.25) is 0 Å². The van der Waals surface area contributed by atoms with Gasteiger partial charge in [0.2, 0.25) is 5.82 Å². The van der Waals surface area contributed by atoms with Gasteiger partial charge in [0, 0.05) is 24.9 Å². The molecule has 3 aromatic heterocycles. The Labute approximate surface area is 202 Å². The Kier molecular flexibility index (Phi) is 5.59. The van der Waals surface area contributed by atoms with Gasteiger partial charge in [-0.25, -0.2) is 9.97 Å². The van der Waals surface area contributed by atoms with Gasteiger partial charge in [0.15, 0.2) is 5.75 Å². The topological polar surface area (TPSA) is 124 Å². The van der Waals surface area contributed by atoms with Crippen molar-refractivity contribution in [1.82, 2.24) is 40.1 Å². The van der Waals surface area contributed by atoms with Gasteiger partial charge in [0.25, 0.3) is 5.91 Å². The zero-order valence-corrected chi connectivity index (χ0v) is 20.2. The number of carbonyl (C=O) groups excluding carboxylic acids is 1. The summed E-state index contributed by atoms with van der Waals surface area (Å²) in [6.45, 7) is 4.26. The molecule has 11 nitrogen and oxygen atoms in total. The average Bonchev–Trinajstić information content (AvgIpc) is 3.35. The monoisotopic (exact) mass is 471 g/mol. The Morgan fingerprint density at radius 1 is 1.06 bits per heavy atom. The van der Waals surface area contributed by atoms with Crippen molar-refractivity contribution in [3.63, 3.8) is 0 Å². The normalized spacial score (nSPS) is 12.7. The summed E-state index contributed by atoms with van der Waals surface area (Å²) in [6.07, 6.45) is 0.519. The van der Waals surface area contributed by atoms with Crippen molar-refractivity contribution in [1.29, 1.82) is 0 Å². The van der Waals surface area contributed by atoms with Crippen molar-refractivity contribution in [3.05, 3.63) is 64.5 Å². The number of hydrogen-bond donors (Lipinski definition) is 1.